The predicted molar refractivity (Wildman–Crippen MR) is 238 cm³/mol. The van der Waals surface area contributed by atoms with E-state index in [1.807, 2.05) is 20.8 Å². The minimum absolute atomic E-state index is 0.00205. The van der Waals surface area contributed by atoms with Crippen LogP contribution in [0.3, 0.4) is 0 Å². The summed E-state index contributed by atoms with van der Waals surface area (Å²) in [6.07, 6.45) is 1.63. The molecule has 20 heteroatoms. The fourth-order valence-corrected chi connectivity index (χ4v) is 9.31. The lowest BCUT2D eigenvalue weighted by molar-refractivity contribution is -0.157. The Morgan fingerprint density at radius 2 is 1.66 bits per heavy atom. The topological polar surface area (TPSA) is 291 Å². The highest BCUT2D eigenvalue weighted by Gasteiger charge is 2.40. The Morgan fingerprint density at radius 3 is 2.30 bits per heavy atom. The number of amides is 4. The zero-order valence-corrected chi connectivity index (χ0v) is 38.8. The molecule has 4 amide bonds. The number of nitrogens with zero attached hydrogens (tertiary/aromatic N) is 2. The third-order valence-corrected chi connectivity index (χ3v) is 12.6. The molecule has 2 heterocycles. The Bertz CT molecular complexity index is 2220. The number of aliphatic imine (C=N–C) groups is 1. The second-order valence-corrected chi connectivity index (χ2v) is 19.6. The number of guanidine groups is 1. The van der Waals surface area contributed by atoms with Gasteiger partial charge in [0.2, 0.25) is 29.6 Å². The zero-order chi connectivity index (χ0) is 47.7. The minimum Gasteiger partial charge on any atom is -0.487 e. The number of hydrogen-bond donors (Lipinski definition) is 7. The van der Waals surface area contributed by atoms with Gasteiger partial charge in [0, 0.05) is 31.5 Å². The number of nitrogens with one attached hydrogen (secondary N) is 4. The molecule has 0 saturated carbocycles. The van der Waals surface area contributed by atoms with Crippen LogP contribution in [0.4, 0.5) is 0 Å². The number of esters is 1. The van der Waals surface area contributed by atoms with E-state index in [4.69, 9.17) is 20.9 Å². The van der Waals surface area contributed by atoms with Gasteiger partial charge in [0.15, 0.2) is 0 Å². The number of likely N-dealkylation sites (tertiary alicyclic amines) is 1. The second kappa shape index (κ2) is 21.3. The number of carbonyl (C=O) groups is 6. The van der Waals surface area contributed by atoms with Gasteiger partial charge in [-0.1, -0.05) is 30.3 Å². The van der Waals surface area contributed by atoms with Crippen LogP contribution in [0.2, 0.25) is 0 Å². The van der Waals surface area contributed by atoms with Gasteiger partial charge in [0.25, 0.3) is 10.0 Å². The maximum absolute atomic E-state index is 13.8. The lowest BCUT2D eigenvalue weighted by atomic mass is 9.94. The Hall–Kier alpha value is -5.76. The van der Waals surface area contributed by atoms with Crippen LogP contribution in [-0.2, 0) is 56.4 Å². The number of fused-ring (bicyclic) bond motifs is 1. The molecular formula is C44H64N8O11S. The number of unbranched alkanes of at least 4 members (excludes halogenated alkanes) is 1. The van der Waals surface area contributed by atoms with E-state index in [1.54, 1.807) is 65.0 Å². The summed E-state index contributed by atoms with van der Waals surface area (Å²) >= 11 is 0. The number of benzene rings is 2. The van der Waals surface area contributed by atoms with Crippen molar-refractivity contribution in [1.29, 1.82) is 0 Å². The molecule has 352 valence electrons. The van der Waals surface area contributed by atoms with Crippen LogP contribution in [0.25, 0.3) is 0 Å². The van der Waals surface area contributed by atoms with Crippen LogP contribution in [0.1, 0.15) is 101 Å². The fourth-order valence-electron chi connectivity index (χ4n) is 7.79. The van der Waals surface area contributed by atoms with Crippen LogP contribution < -0.4 is 36.9 Å². The normalized spacial score (nSPS) is 17.3. The number of carboxylic acid groups (broad SMARTS) is 1. The third-order valence-electron chi connectivity index (χ3n) is 10.9. The van der Waals surface area contributed by atoms with Crippen molar-refractivity contribution in [3.63, 3.8) is 0 Å². The molecule has 1 saturated heterocycles. The highest BCUT2D eigenvalue weighted by Crippen LogP contribution is 2.43. The van der Waals surface area contributed by atoms with Gasteiger partial charge in [-0.15, -0.1) is 0 Å². The number of aliphatic carboxylic acids is 1. The number of rotatable bonds is 19. The van der Waals surface area contributed by atoms with Gasteiger partial charge in [0.05, 0.1) is 23.9 Å². The molecule has 0 bridgehead atoms. The molecule has 2 aliphatic heterocycles. The van der Waals surface area contributed by atoms with E-state index in [-0.39, 0.29) is 43.2 Å². The van der Waals surface area contributed by atoms with Crippen molar-refractivity contribution in [2.75, 3.05) is 19.6 Å². The summed E-state index contributed by atoms with van der Waals surface area (Å²) in [5.74, 6) is -4.62. The number of nitrogens with two attached hydrogens (primary N) is 2. The van der Waals surface area contributed by atoms with Gasteiger partial charge < -0.3 is 46.9 Å². The standard InChI is InChI=1S/C44H64N8O11S/c1-25-26(2)37(27(3)29-23-44(7,8)63-36(25)29)64(60,61)51-42(46)47-19-13-12-17-30(45)38(55)48-24-34(53)49-31(22-35(54)62-43(4,5)6)39(56)50-32(21-28-15-10-9-11-16-28)40(57)52-20-14-18-33(52)41(58)59/h9-11,15-16,30-33H,12-14,17-24,45H2,1-8H3,(H,48,55)(H,49,53)(H,50,56)(H,58,59)(H3,46,47,51)/t30-,31-,32-,33-/m0/s1. The first-order valence-corrected chi connectivity index (χ1v) is 22.8. The molecule has 0 aliphatic carbocycles. The van der Waals surface area contributed by atoms with Crippen molar-refractivity contribution < 1.29 is 51.8 Å². The van der Waals surface area contributed by atoms with E-state index >= 15 is 0 Å². The predicted octanol–water partition coefficient (Wildman–Crippen LogP) is 1.55. The van der Waals surface area contributed by atoms with Gasteiger partial charge in [0.1, 0.15) is 35.1 Å². The zero-order valence-electron chi connectivity index (χ0n) is 38.0. The summed E-state index contributed by atoms with van der Waals surface area (Å²) in [7, 11) is -4.08. The van der Waals surface area contributed by atoms with Crippen molar-refractivity contribution in [2.45, 2.75) is 147 Å². The van der Waals surface area contributed by atoms with E-state index < -0.39 is 93.9 Å². The van der Waals surface area contributed by atoms with E-state index in [0.29, 0.717) is 48.1 Å². The Morgan fingerprint density at radius 1 is 0.984 bits per heavy atom. The summed E-state index contributed by atoms with van der Waals surface area (Å²) in [6, 6.07) is 3.86. The summed E-state index contributed by atoms with van der Waals surface area (Å²) in [6.45, 7) is 13.8. The van der Waals surface area contributed by atoms with E-state index in [2.05, 4.69) is 25.7 Å². The smallest absolute Gasteiger partial charge is 0.326 e. The molecule has 4 rings (SSSR count). The van der Waals surface area contributed by atoms with Crippen molar-refractivity contribution in [1.82, 2.24) is 25.6 Å². The highest BCUT2D eigenvalue weighted by atomic mass is 32.2. The van der Waals surface area contributed by atoms with E-state index in [0.717, 1.165) is 11.1 Å². The molecule has 2 aromatic carbocycles. The second-order valence-electron chi connectivity index (χ2n) is 17.9. The maximum Gasteiger partial charge on any atom is 0.326 e. The van der Waals surface area contributed by atoms with Gasteiger partial charge in [-0.3, -0.25) is 29.0 Å². The van der Waals surface area contributed by atoms with Crippen LogP contribution in [0.5, 0.6) is 5.75 Å². The SMILES string of the molecule is Cc1c(C)c(S(=O)(=O)NC(N)=NCCCC[C@H](N)C(=O)NCC(=O)N[C@@H](CC(=O)OC(C)(C)C)C(=O)N[C@@H](Cc2ccccc2)C(=O)N2CCC[C@H]2C(=O)O)c(C)c2c1OC(C)(C)C2. The average molecular weight is 913 g/mol. The van der Waals surface area contributed by atoms with Gasteiger partial charge in [-0.05, 0) is 110 Å². The maximum atomic E-state index is 13.8. The number of ether oxygens (including phenoxy) is 2. The summed E-state index contributed by atoms with van der Waals surface area (Å²) in [5.41, 5.74) is 14.1. The number of carboxylic acids is 1. The Kier molecular flexibility index (Phi) is 16.9. The number of sulfonamides is 1. The summed E-state index contributed by atoms with van der Waals surface area (Å²) in [4.78, 5) is 83.9. The van der Waals surface area contributed by atoms with E-state index in [9.17, 15) is 42.3 Å². The molecule has 2 aromatic rings. The van der Waals surface area contributed by atoms with Crippen molar-refractivity contribution in [2.24, 2.45) is 16.5 Å². The first kappa shape index (κ1) is 50.9. The summed E-state index contributed by atoms with van der Waals surface area (Å²) in [5, 5.41) is 17.2. The monoisotopic (exact) mass is 912 g/mol. The Labute approximate surface area is 374 Å². The average Bonchev–Trinajstić information content (AvgIpc) is 3.82. The molecule has 9 N–H and O–H groups in total. The minimum atomic E-state index is -4.08. The van der Waals surface area contributed by atoms with E-state index in [1.165, 1.54) is 4.90 Å². The van der Waals surface area contributed by atoms with Gasteiger partial charge >= 0.3 is 11.9 Å². The third kappa shape index (κ3) is 13.9. The molecule has 2 aliphatic rings. The first-order chi connectivity index (χ1) is 29.8. The van der Waals surface area contributed by atoms with Crippen molar-refractivity contribution in [3.8, 4) is 5.75 Å². The molecule has 19 nitrogen and oxygen atoms in total. The highest BCUT2D eigenvalue weighted by molar-refractivity contribution is 7.90. The first-order valence-electron chi connectivity index (χ1n) is 21.4. The molecule has 0 unspecified atom stereocenters. The lowest BCUT2D eigenvalue weighted by Crippen LogP contribution is -2.57. The quantitative estimate of drug-likeness (QED) is 0.0457. The molecule has 0 aromatic heterocycles. The lowest BCUT2D eigenvalue weighted by Gasteiger charge is -2.29. The van der Waals surface area contributed by atoms with Gasteiger partial charge in [-0.2, -0.15) is 0 Å². The van der Waals surface area contributed by atoms with Crippen LogP contribution in [0, 0.1) is 20.8 Å². The number of carbonyl (C=O) groups excluding carboxylic acids is 5. The molecule has 1 fully saturated rings. The summed E-state index contributed by atoms with van der Waals surface area (Å²) < 4.78 is 40.8. The van der Waals surface area contributed by atoms with Crippen LogP contribution >= 0.6 is 0 Å². The molecule has 0 radical (unpaired) electrons. The van der Waals surface area contributed by atoms with Crippen LogP contribution in [-0.4, -0.2) is 115 Å². The van der Waals surface area contributed by atoms with Crippen LogP contribution in [0.15, 0.2) is 40.2 Å². The molecule has 4 atom stereocenters. The molecular weight excluding hydrogens is 849 g/mol. The van der Waals surface area contributed by atoms with Crippen molar-refractivity contribution >= 4 is 51.6 Å². The molecule has 64 heavy (non-hydrogen) atoms. The fraction of sp³-hybridized carbons (Fsp3) is 0.568. The molecule has 0 spiro atoms. The number of hydrogen-bond acceptors (Lipinski definition) is 12. The van der Waals surface area contributed by atoms with Crippen molar-refractivity contribution in [3.05, 3.63) is 58.1 Å². The largest absolute Gasteiger partial charge is 0.487 e. The van der Waals surface area contributed by atoms with Gasteiger partial charge in [-0.25, -0.2) is 17.9 Å². The Balaban J connectivity index is 1.32.